The van der Waals surface area contributed by atoms with Gasteiger partial charge in [-0.3, -0.25) is 0 Å². The van der Waals surface area contributed by atoms with Gasteiger partial charge in [0.15, 0.2) is 11.5 Å². The maximum Gasteiger partial charge on any atom is 0.163 e. The van der Waals surface area contributed by atoms with Crippen LogP contribution in [0.3, 0.4) is 0 Å². The molecule has 0 saturated heterocycles. The molecule has 4 rings (SSSR count). The minimum absolute atomic E-state index is 0.0481. The van der Waals surface area contributed by atoms with E-state index in [9.17, 15) is 0 Å². The van der Waals surface area contributed by atoms with E-state index in [4.69, 9.17) is 26.1 Å². The Kier molecular flexibility index (Phi) is 6.35. The van der Waals surface area contributed by atoms with E-state index < -0.39 is 0 Å². The number of anilines is 1. The van der Waals surface area contributed by atoms with Gasteiger partial charge in [-0.1, -0.05) is 17.7 Å². The second-order valence-electron chi connectivity index (χ2n) is 7.68. The van der Waals surface area contributed by atoms with Crippen LogP contribution in [-0.4, -0.2) is 18.2 Å². The van der Waals surface area contributed by atoms with Gasteiger partial charge in [0, 0.05) is 28.9 Å². The van der Waals surface area contributed by atoms with Crippen molar-refractivity contribution in [1.82, 2.24) is 4.98 Å². The van der Waals surface area contributed by atoms with Gasteiger partial charge in [0.05, 0.1) is 23.4 Å². The lowest BCUT2D eigenvalue weighted by molar-refractivity contribution is 0.230. The van der Waals surface area contributed by atoms with Gasteiger partial charge < -0.3 is 14.8 Å². The van der Waals surface area contributed by atoms with Crippen LogP contribution in [0.5, 0.6) is 11.5 Å². The van der Waals surface area contributed by atoms with Crippen LogP contribution >= 0.6 is 22.9 Å². The van der Waals surface area contributed by atoms with Gasteiger partial charge in [0.25, 0.3) is 0 Å². The van der Waals surface area contributed by atoms with Crippen LogP contribution in [0.4, 0.5) is 5.69 Å². The van der Waals surface area contributed by atoms with Crippen molar-refractivity contribution in [2.75, 3.05) is 12.4 Å². The van der Waals surface area contributed by atoms with E-state index in [1.54, 1.807) is 18.4 Å². The number of halogens is 1. The Morgan fingerprint density at radius 1 is 1.03 bits per heavy atom. The summed E-state index contributed by atoms with van der Waals surface area (Å²) < 4.78 is 12.5. The Labute approximate surface area is 191 Å². The van der Waals surface area contributed by atoms with Gasteiger partial charge in [-0.05, 0) is 74.4 Å². The van der Waals surface area contributed by atoms with Crippen LogP contribution in [0.2, 0.25) is 5.02 Å². The fourth-order valence-corrected chi connectivity index (χ4v) is 4.59. The molecule has 0 spiro atoms. The average molecular weight is 453 g/mol. The molecule has 31 heavy (non-hydrogen) atoms. The second kappa shape index (κ2) is 9.16. The van der Waals surface area contributed by atoms with Crippen LogP contribution in [0.25, 0.3) is 20.8 Å². The first kappa shape index (κ1) is 21.5. The van der Waals surface area contributed by atoms with E-state index in [-0.39, 0.29) is 6.10 Å². The lowest BCUT2D eigenvalue weighted by Gasteiger charge is -2.16. The first-order chi connectivity index (χ1) is 14.9. The summed E-state index contributed by atoms with van der Waals surface area (Å²) in [4.78, 5) is 4.76. The number of benzene rings is 3. The molecular formula is C25H25ClN2O2S. The van der Waals surface area contributed by atoms with Gasteiger partial charge in [-0.25, -0.2) is 4.98 Å². The molecule has 4 nitrogen and oxygen atoms in total. The molecular weight excluding hydrogens is 428 g/mol. The van der Waals surface area contributed by atoms with Gasteiger partial charge in [-0.2, -0.15) is 0 Å². The fraction of sp³-hybridized carbons (Fsp3) is 0.240. The summed E-state index contributed by atoms with van der Waals surface area (Å²) in [6.45, 7) is 6.63. The van der Waals surface area contributed by atoms with E-state index in [2.05, 4.69) is 54.7 Å². The topological polar surface area (TPSA) is 43.4 Å². The molecule has 0 aliphatic carbocycles. The van der Waals surface area contributed by atoms with Crippen LogP contribution in [0.1, 0.15) is 25.0 Å². The van der Waals surface area contributed by atoms with Crippen molar-refractivity contribution in [3.05, 3.63) is 70.7 Å². The molecule has 0 aliphatic heterocycles. The minimum Gasteiger partial charge on any atom is -0.493 e. The van der Waals surface area contributed by atoms with E-state index >= 15 is 0 Å². The maximum atomic E-state index is 6.48. The smallest absolute Gasteiger partial charge is 0.163 e. The zero-order valence-electron chi connectivity index (χ0n) is 18.0. The lowest BCUT2D eigenvalue weighted by atomic mass is 10.1. The van der Waals surface area contributed by atoms with Crippen molar-refractivity contribution in [1.29, 1.82) is 0 Å². The molecule has 1 aromatic heterocycles. The Hall–Kier alpha value is -2.76. The third kappa shape index (κ3) is 4.94. The molecule has 0 fully saturated rings. The van der Waals surface area contributed by atoms with Crippen LogP contribution < -0.4 is 14.8 Å². The number of fused-ring (bicyclic) bond motifs is 1. The molecule has 0 saturated carbocycles. The zero-order chi connectivity index (χ0) is 22.0. The number of rotatable bonds is 7. The molecule has 1 heterocycles. The quantitative estimate of drug-likeness (QED) is 0.318. The number of hydrogen-bond donors (Lipinski definition) is 1. The molecule has 0 unspecified atom stereocenters. The highest BCUT2D eigenvalue weighted by Gasteiger charge is 2.12. The molecule has 0 aliphatic rings. The third-order valence-electron chi connectivity index (χ3n) is 4.85. The normalized spacial score (nSPS) is 11.2. The number of aromatic nitrogens is 1. The lowest BCUT2D eigenvalue weighted by Crippen LogP contribution is -2.08. The molecule has 6 heteroatoms. The summed E-state index contributed by atoms with van der Waals surface area (Å²) in [6.07, 6.45) is 0.0481. The van der Waals surface area contributed by atoms with Crippen molar-refractivity contribution in [2.45, 2.75) is 33.4 Å². The number of thiazole rings is 1. The summed E-state index contributed by atoms with van der Waals surface area (Å²) in [5.74, 6) is 1.33. The van der Waals surface area contributed by atoms with E-state index in [1.165, 1.54) is 10.3 Å². The SMILES string of the molecule is COc1cc(CNc2ccc(-c3nc4ccc(C)cc4s3)cc2)c(Cl)cc1OC(C)C. The van der Waals surface area contributed by atoms with Crippen LogP contribution in [0, 0.1) is 6.92 Å². The van der Waals surface area contributed by atoms with Crippen molar-refractivity contribution in [3.63, 3.8) is 0 Å². The summed E-state index contributed by atoms with van der Waals surface area (Å²) >= 11 is 8.20. The monoisotopic (exact) mass is 452 g/mol. The van der Waals surface area contributed by atoms with E-state index in [0.717, 1.165) is 27.3 Å². The average Bonchev–Trinajstić information content (AvgIpc) is 3.16. The van der Waals surface area contributed by atoms with Gasteiger partial charge in [-0.15, -0.1) is 11.3 Å². The predicted molar refractivity (Wildman–Crippen MR) is 131 cm³/mol. The number of nitrogens with one attached hydrogen (secondary N) is 1. The Balaban J connectivity index is 1.48. The number of aryl methyl sites for hydroxylation is 1. The van der Waals surface area contributed by atoms with Crippen LogP contribution in [0.15, 0.2) is 54.6 Å². The highest BCUT2D eigenvalue weighted by Crippen LogP contribution is 2.35. The largest absolute Gasteiger partial charge is 0.493 e. The Bertz CT molecular complexity index is 1200. The molecule has 0 radical (unpaired) electrons. The summed E-state index contributed by atoms with van der Waals surface area (Å²) in [7, 11) is 1.63. The molecule has 0 bridgehead atoms. The number of hydrogen-bond acceptors (Lipinski definition) is 5. The molecule has 1 N–H and O–H groups in total. The Morgan fingerprint density at radius 3 is 2.52 bits per heavy atom. The van der Waals surface area contributed by atoms with E-state index in [0.29, 0.717) is 23.1 Å². The summed E-state index contributed by atoms with van der Waals surface area (Å²) in [5, 5.41) is 5.10. The van der Waals surface area contributed by atoms with Crippen molar-refractivity contribution in [3.8, 4) is 22.1 Å². The van der Waals surface area contributed by atoms with Crippen molar-refractivity contribution < 1.29 is 9.47 Å². The number of nitrogens with zero attached hydrogens (tertiary/aromatic N) is 1. The van der Waals surface area contributed by atoms with Gasteiger partial charge >= 0.3 is 0 Å². The molecule has 0 atom stereocenters. The minimum atomic E-state index is 0.0481. The third-order valence-corrected chi connectivity index (χ3v) is 6.27. The first-order valence-corrected chi connectivity index (χ1v) is 11.4. The summed E-state index contributed by atoms with van der Waals surface area (Å²) in [6, 6.07) is 18.4. The highest BCUT2D eigenvalue weighted by molar-refractivity contribution is 7.21. The highest BCUT2D eigenvalue weighted by atomic mass is 35.5. The number of methoxy groups -OCH3 is 1. The molecule has 3 aromatic carbocycles. The maximum absolute atomic E-state index is 6.48. The van der Waals surface area contributed by atoms with E-state index in [1.807, 2.05) is 26.0 Å². The van der Waals surface area contributed by atoms with Gasteiger partial charge in [0.2, 0.25) is 0 Å². The predicted octanol–water partition coefficient (Wildman–Crippen LogP) is 7.33. The second-order valence-corrected chi connectivity index (χ2v) is 9.12. The van der Waals surface area contributed by atoms with Gasteiger partial charge in [0.1, 0.15) is 5.01 Å². The van der Waals surface area contributed by atoms with Crippen molar-refractivity contribution in [2.24, 2.45) is 0 Å². The Morgan fingerprint density at radius 2 is 1.81 bits per heavy atom. The fourth-order valence-electron chi connectivity index (χ4n) is 3.30. The van der Waals surface area contributed by atoms with Crippen LogP contribution in [-0.2, 0) is 6.54 Å². The molecule has 160 valence electrons. The number of ether oxygens (including phenoxy) is 2. The zero-order valence-corrected chi connectivity index (χ0v) is 19.6. The molecule has 0 amide bonds. The first-order valence-electron chi connectivity index (χ1n) is 10.2. The standard InChI is InChI=1S/C25H25ClN2O2S/c1-15(2)30-23-13-20(26)18(12-22(23)29-4)14-27-19-8-6-17(7-9-19)25-28-21-10-5-16(3)11-24(21)31-25/h5-13,15,27H,14H2,1-4H3. The summed E-state index contributed by atoms with van der Waals surface area (Å²) in [5.41, 5.74) is 5.36. The van der Waals surface area contributed by atoms with Crippen molar-refractivity contribution >= 4 is 38.8 Å². The molecule has 4 aromatic rings.